The van der Waals surface area contributed by atoms with E-state index in [0.717, 1.165) is 0 Å². The zero-order chi connectivity index (χ0) is 15.4. The molecule has 21 heavy (non-hydrogen) atoms. The number of primary amides is 1. The van der Waals surface area contributed by atoms with Crippen molar-refractivity contribution >= 4 is 23.4 Å². The number of nitrogens with two attached hydrogens (primary N) is 1. The van der Waals surface area contributed by atoms with E-state index in [0.29, 0.717) is 10.6 Å². The number of aromatic nitrogens is 1. The maximum Gasteiger partial charge on any atom is 0.270 e. The Labute approximate surface area is 124 Å². The average Bonchev–Trinajstić information content (AvgIpc) is 2.46. The van der Waals surface area contributed by atoms with Crippen LogP contribution in [0, 0.1) is 5.82 Å². The molecule has 1 unspecified atom stereocenters. The van der Waals surface area contributed by atoms with Gasteiger partial charge in [0.1, 0.15) is 17.6 Å². The van der Waals surface area contributed by atoms with Crippen LogP contribution in [0.4, 0.5) is 4.39 Å². The molecule has 1 atom stereocenters. The molecule has 1 heterocycles. The molecule has 2 amide bonds. The number of nitrogens with zero attached hydrogens (tertiary/aromatic N) is 1. The van der Waals surface area contributed by atoms with Gasteiger partial charge in [0.25, 0.3) is 5.91 Å². The summed E-state index contributed by atoms with van der Waals surface area (Å²) in [7, 11) is 0. The van der Waals surface area contributed by atoms with Gasteiger partial charge >= 0.3 is 0 Å². The molecule has 1 aromatic heterocycles. The molecule has 0 radical (unpaired) electrons. The van der Waals surface area contributed by atoms with E-state index in [4.69, 9.17) is 17.3 Å². The highest BCUT2D eigenvalue weighted by Gasteiger charge is 2.21. The first-order valence-corrected chi connectivity index (χ1v) is 6.32. The molecule has 7 heteroatoms. The van der Waals surface area contributed by atoms with Gasteiger partial charge in [0.2, 0.25) is 5.91 Å². The number of rotatable bonds is 4. The van der Waals surface area contributed by atoms with Crippen LogP contribution in [0.2, 0.25) is 5.02 Å². The number of amides is 2. The lowest BCUT2D eigenvalue weighted by Gasteiger charge is -2.15. The van der Waals surface area contributed by atoms with E-state index < -0.39 is 23.7 Å². The summed E-state index contributed by atoms with van der Waals surface area (Å²) in [5, 5.41) is 2.83. The van der Waals surface area contributed by atoms with E-state index in [9.17, 15) is 14.0 Å². The van der Waals surface area contributed by atoms with Crippen molar-refractivity contribution in [2.45, 2.75) is 6.04 Å². The largest absolute Gasteiger partial charge is 0.368 e. The summed E-state index contributed by atoms with van der Waals surface area (Å²) in [5.74, 6) is -1.80. The van der Waals surface area contributed by atoms with E-state index in [1.165, 1.54) is 42.6 Å². The number of benzene rings is 1. The Kier molecular flexibility index (Phi) is 4.49. The van der Waals surface area contributed by atoms with Gasteiger partial charge < -0.3 is 11.1 Å². The summed E-state index contributed by atoms with van der Waals surface area (Å²) in [4.78, 5) is 27.3. The fraction of sp³-hybridized carbons (Fsp3) is 0.0714. The van der Waals surface area contributed by atoms with Crippen molar-refractivity contribution < 1.29 is 14.0 Å². The van der Waals surface area contributed by atoms with Crippen molar-refractivity contribution in [1.29, 1.82) is 0 Å². The smallest absolute Gasteiger partial charge is 0.270 e. The maximum absolute atomic E-state index is 12.9. The van der Waals surface area contributed by atoms with Gasteiger partial charge in [0, 0.05) is 6.20 Å². The third-order valence-corrected chi connectivity index (χ3v) is 2.95. The van der Waals surface area contributed by atoms with Gasteiger partial charge in [-0.2, -0.15) is 0 Å². The molecule has 2 aromatic rings. The van der Waals surface area contributed by atoms with E-state index in [2.05, 4.69) is 10.3 Å². The normalized spacial score (nSPS) is 11.7. The fourth-order valence-electron chi connectivity index (χ4n) is 1.69. The van der Waals surface area contributed by atoms with Crippen LogP contribution in [0.5, 0.6) is 0 Å². The number of hydrogen-bond acceptors (Lipinski definition) is 3. The second-order valence-electron chi connectivity index (χ2n) is 4.22. The minimum atomic E-state index is -1.07. The van der Waals surface area contributed by atoms with Crippen molar-refractivity contribution in [3.05, 3.63) is 64.7 Å². The fourth-order valence-corrected chi connectivity index (χ4v) is 1.80. The van der Waals surface area contributed by atoms with Crippen molar-refractivity contribution in [3.63, 3.8) is 0 Å². The predicted octanol–water partition coefficient (Wildman–Crippen LogP) is 1.83. The summed E-state index contributed by atoms with van der Waals surface area (Å²) in [6, 6.07) is 6.95. The average molecular weight is 308 g/mol. The Bertz CT molecular complexity index is 659. The molecule has 1 aromatic carbocycles. The summed E-state index contributed by atoms with van der Waals surface area (Å²) >= 11 is 5.68. The molecule has 0 bridgehead atoms. The molecule has 108 valence electrons. The first-order chi connectivity index (χ1) is 9.97. The van der Waals surface area contributed by atoms with Crippen molar-refractivity contribution in [2.24, 2.45) is 5.73 Å². The Morgan fingerprint density at radius 3 is 2.38 bits per heavy atom. The number of carbonyl (C=O) groups is 2. The highest BCUT2D eigenvalue weighted by molar-refractivity contribution is 6.30. The number of nitrogens with one attached hydrogen (secondary N) is 1. The third kappa shape index (κ3) is 3.76. The maximum atomic E-state index is 12.9. The molecule has 2 rings (SSSR count). The van der Waals surface area contributed by atoms with Crippen molar-refractivity contribution in [1.82, 2.24) is 10.3 Å². The lowest BCUT2D eigenvalue weighted by molar-refractivity contribution is -0.120. The minimum absolute atomic E-state index is 0.0905. The molecule has 0 spiro atoms. The quantitative estimate of drug-likeness (QED) is 0.903. The van der Waals surface area contributed by atoms with Crippen molar-refractivity contribution in [2.75, 3.05) is 0 Å². The summed E-state index contributed by atoms with van der Waals surface area (Å²) in [6.45, 7) is 0. The Balaban J connectivity index is 2.20. The molecule has 0 saturated carbocycles. The molecule has 3 N–H and O–H groups in total. The number of hydrogen-bond donors (Lipinski definition) is 2. The molecular formula is C14H11ClFN3O2. The first-order valence-electron chi connectivity index (χ1n) is 5.94. The van der Waals surface area contributed by atoms with Gasteiger partial charge in [-0.3, -0.25) is 9.59 Å². The van der Waals surface area contributed by atoms with Crippen LogP contribution in [-0.4, -0.2) is 16.8 Å². The molecule has 0 fully saturated rings. The highest BCUT2D eigenvalue weighted by Crippen LogP contribution is 2.14. The second-order valence-corrected chi connectivity index (χ2v) is 4.66. The number of pyridine rings is 1. The second kappa shape index (κ2) is 6.32. The van der Waals surface area contributed by atoms with E-state index in [-0.39, 0.29) is 5.69 Å². The van der Waals surface area contributed by atoms with Crippen LogP contribution in [-0.2, 0) is 4.79 Å². The van der Waals surface area contributed by atoms with Gasteiger partial charge in [0.05, 0.1) is 5.02 Å². The standard InChI is InChI=1S/C14H11ClFN3O2/c15-9-3-6-11(18-7-9)14(21)19-12(13(17)20)8-1-4-10(16)5-2-8/h1-7,12H,(H2,17,20)(H,19,21). The third-order valence-electron chi connectivity index (χ3n) is 2.72. The summed E-state index contributed by atoms with van der Waals surface area (Å²) < 4.78 is 12.9. The van der Waals surface area contributed by atoms with Gasteiger partial charge in [-0.1, -0.05) is 23.7 Å². The molecular weight excluding hydrogens is 297 g/mol. The van der Waals surface area contributed by atoms with Crippen LogP contribution in [0.15, 0.2) is 42.6 Å². The van der Waals surface area contributed by atoms with Crippen LogP contribution in [0.25, 0.3) is 0 Å². The van der Waals surface area contributed by atoms with Gasteiger partial charge in [-0.05, 0) is 29.8 Å². The van der Waals surface area contributed by atoms with Crippen LogP contribution in [0.1, 0.15) is 22.1 Å². The summed E-state index contributed by atoms with van der Waals surface area (Å²) in [5.41, 5.74) is 5.74. The zero-order valence-electron chi connectivity index (χ0n) is 10.7. The Hall–Kier alpha value is -2.47. The molecule has 5 nitrogen and oxygen atoms in total. The Morgan fingerprint density at radius 2 is 1.86 bits per heavy atom. The number of halogens is 2. The molecule has 0 aliphatic heterocycles. The van der Waals surface area contributed by atoms with Gasteiger partial charge in [-0.15, -0.1) is 0 Å². The van der Waals surface area contributed by atoms with Crippen molar-refractivity contribution in [3.8, 4) is 0 Å². The van der Waals surface area contributed by atoms with Crippen LogP contribution >= 0.6 is 11.6 Å². The van der Waals surface area contributed by atoms with Gasteiger partial charge in [0.15, 0.2) is 0 Å². The first kappa shape index (κ1) is 14.9. The topological polar surface area (TPSA) is 85.1 Å². The Morgan fingerprint density at radius 1 is 1.19 bits per heavy atom. The van der Waals surface area contributed by atoms with E-state index >= 15 is 0 Å². The minimum Gasteiger partial charge on any atom is -0.368 e. The lowest BCUT2D eigenvalue weighted by Crippen LogP contribution is -2.37. The van der Waals surface area contributed by atoms with Crippen LogP contribution in [0.3, 0.4) is 0 Å². The zero-order valence-corrected chi connectivity index (χ0v) is 11.5. The predicted molar refractivity (Wildman–Crippen MR) is 75.0 cm³/mol. The number of carbonyl (C=O) groups excluding carboxylic acids is 2. The summed E-state index contributed by atoms with van der Waals surface area (Å²) in [6.07, 6.45) is 1.31. The van der Waals surface area contributed by atoms with E-state index in [1.54, 1.807) is 0 Å². The molecule has 0 aliphatic carbocycles. The molecule has 0 saturated heterocycles. The van der Waals surface area contributed by atoms with Crippen LogP contribution < -0.4 is 11.1 Å². The monoisotopic (exact) mass is 307 g/mol. The SMILES string of the molecule is NC(=O)C(NC(=O)c1ccc(Cl)cn1)c1ccc(F)cc1. The molecule has 0 aliphatic rings. The van der Waals surface area contributed by atoms with Gasteiger partial charge in [-0.25, -0.2) is 9.37 Å². The lowest BCUT2D eigenvalue weighted by atomic mass is 10.1. The highest BCUT2D eigenvalue weighted by atomic mass is 35.5. The van der Waals surface area contributed by atoms with E-state index in [1.807, 2.05) is 0 Å².